The summed E-state index contributed by atoms with van der Waals surface area (Å²) in [5, 5.41) is 0. The third-order valence-corrected chi connectivity index (χ3v) is 3.69. The minimum absolute atomic E-state index is 0.0379. The molecule has 18 heavy (non-hydrogen) atoms. The van der Waals surface area contributed by atoms with E-state index in [9.17, 15) is 4.79 Å². The van der Waals surface area contributed by atoms with Crippen molar-refractivity contribution in [3.8, 4) is 0 Å². The zero-order valence-corrected chi connectivity index (χ0v) is 12.1. The van der Waals surface area contributed by atoms with E-state index in [0.29, 0.717) is 13.2 Å². The van der Waals surface area contributed by atoms with Crippen LogP contribution in [0, 0.1) is 5.92 Å². The van der Waals surface area contributed by atoms with Crippen molar-refractivity contribution in [2.75, 3.05) is 20.3 Å². The molecule has 0 spiro atoms. The van der Waals surface area contributed by atoms with Crippen LogP contribution in [0.2, 0.25) is 0 Å². The minimum atomic E-state index is 0.0379. The van der Waals surface area contributed by atoms with Gasteiger partial charge in [-0.25, -0.2) is 0 Å². The Bertz CT molecular complexity index is 416. The van der Waals surface area contributed by atoms with Crippen molar-refractivity contribution < 1.29 is 9.53 Å². The summed E-state index contributed by atoms with van der Waals surface area (Å²) < 4.78 is 6.41. The smallest absolute Gasteiger partial charge is 0.228 e. The molecule has 3 nitrogen and oxygen atoms in total. The van der Waals surface area contributed by atoms with Crippen LogP contribution in [0.25, 0.3) is 0 Å². The molecule has 4 heteroatoms. The summed E-state index contributed by atoms with van der Waals surface area (Å²) >= 11 is 3.44. The van der Waals surface area contributed by atoms with Crippen LogP contribution in [-0.4, -0.2) is 31.1 Å². The fourth-order valence-corrected chi connectivity index (χ4v) is 2.68. The van der Waals surface area contributed by atoms with Crippen LogP contribution in [0.1, 0.15) is 18.4 Å². The molecule has 1 amide bonds. The lowest BCUT2D eigenvalue weighted by Gasteiger charge is -2.26. The zero-order valence-electron chi connectivity index (χ0n) is 10.6. The molecule has 1 saturated heterocycles. The first-order chi connectivity index (χ1) is 8.66. The van der Waals surface area contributed by atoms with Gasteiger partial charge in [-0.05, 0) is 30.5 Å². The number of carbonyl (C=O) groups excluding carboxylic acids is 1. The lowest BCUT2D eigenvalue weighted by molar-refractivity contribution is -0.138. The maximum Gasteiger partial charge on any atom is 0.228 e. The highest BCUT2D eigenvalue weighted by atomic mass is 79.9. The van der Waals surface area contributed by atoms with Crippen molar-refractivity contribution in [2.24, 2.45) is 5.92 Å². The number of ether oxygens (including phenoxy) is 1. The van der Waals surface area contributed by atoms with E-state index >= 15 is 0 Å². The van der Waals surface area contributed by atoms with E-state index in [4.69, 9.17) is 4.74 Å². The molecule has 1 fully saturated rings. The Kier molecular flexibility index (Phi) is 4.78. The van der Waals surface area contributed by atoms with Gasteiger partial charge in [0.1, 0.15) is 0 Å². The van der Waals surface area contributed by atoms with Gasteiger partial charge in [0.05, 0.1) is 12.5 Å². The molecule has 1 aliphatic heterocycles. The van der Waals surface area contributed by atoms with Crippen LogP contribution in [-0.2, 0) is 16.1 Å². The number of benzene rings is 1. The van der Waals surface area contributed by atoms with Crippen molar-refractivity contribution in [1.82, 2.24) is 4.90 Å². The molecule has 0 N–H and O–H groups in total. The zero-order chi connectivity index (χ0) is 13.0. The molecule has 1 aromatic rings. The maximum atomic E-state index is 12.2. The van der Waals surface area contributed by atoms with Crippen molar-refractivity contribution >= 4 is 21.8 Å². The van der Waals surface area contributed by atoms with E-state index < -0.39 is 0 Å². The summed E-state index contributed by atoms with van der Waals surface area (Å²) in [4.78, 5) is 14.0. The van der Waals surface area contributed by atoms with Crippen LogP contribution in [0.15, 0.2) is 28.7 Å². The van der Waals surface area contributed by atoms with Crippen LogP contribution in [0.5, 0.6) is 0 Å². The van der Waals surface area contributed by atoms with Crippen molar-refractivity contribution in [3.63, 3.8) is 0 Å². The Morgan fingerprint density at radius 2 is 2.39 bits per heavy atom. The third kappa shape index (κ3) is 3.56. The van der Waals surface area contributed by atoms with E-state index in [1.54, 1.807) is 4.90 Å². The lowest BCUT2D eigenvalue weighted by atomic mass is 10.0. The molecule has 1 aromatic carbocycles. The number of nitrogens with zero attached hydrogens (tertiary/aromatic N) is 1. The number of rotatable bonds is 3. The highest BCUT2D eigenvalue weighted by molar-refractivity contribution is 9.10. The van der Waals surface area contributed by atoms with Gasteiger partial charge in [-0.3, -0.25) is 4.79 Å². The Labute approximate surface area is 116 Å². The van der Waals surface area contributed by atoms with Gasteiger partial charge >= 0.3 is 0 Å². The van der Waals surface area contributed by atoms with Crippen molar-refractivity contribution in [2.45, 2.75) is 19.4 Å². The normalized spacial score (nSPS) is 19.6. The molecule has 1 atom stereocenters. The molecule has 1 heterocycles. The van der Waals surface area contributed by atoms with Gasteiger partial charge in [0, 0.05) is 24.7 Å². The van der Waals surface area contributed by atoms with Gasteiger partial charge in [-0.15, -0.1) is 0 Å². The molecule has 0 saturated carbocycles. The van der Waals surface area contributed by atoms with E-state index in [2.05, 4.69) is 15.9 Å². The molecule has 0 aliphatic carbocycles. The topological polar surface area (TPSA) is 29.5 Å². The molecular weight excluding hydrogens is 294 g/mol. The van der Waals surface area contributed by atoms with Crippen LogP contribution >= 0.6 is 15.9 Å². The maximum absolute atomic E-state index is 12.2. The summed E-state index contributed by atoms with van der Waals surface area (Å²) in [7, 11) is 1.86. The van der Waals surface area contributed by atoms with Crippen LogP contribution in [0.3, 0.4) is 0 Å². The van der Waals surface area contributed by atoms with Gasteiger partial charge in [-0.1, -0.05) is 28.1 Å². The summed E-state index contributed by atoms with van der Waals surface area (Å²) in [6.07, 6.45) is 1.93. The fourth-order valence-electron chi connectivity index (χ4n) is 2.23. The number of carbonyl (C=O) groups is 1. The first-order valence-electron chi connectivity index (χ1n) is 6.24. The van der Waals surface area contributed by atoms with Crippen LogP contribution in [0.4, 0.5) is 0 Å². The molecule has 2 rings (SSSR count). The SMILES string of the molecule is CN(Cc1cccc(Br)c1)C(=O)C1CCCOC1. The molecule has 0 radical (unpaired) electrons. The summed E-state index contributed by atoms with van der Waals surface area (Å²) in [5.74, 6) is 0.227. The second-order valence-corrected chi connectivity index (χ2v) is 5.65. The Morgan fingerprint density at radius 3 is 3.06 bits per heavy atom. The van der Waals surface area contributed by atoms with Crippen molar-refractivity contribution in [1.29, 1.82) is 0 Å². The van der Waals surface area contributed by atoms with Gasteiger partial charge in [0.25, 0.3) is 0 Å². The monoisotopic (exact) mass is 311 g/mol. The molecule has 0 aromatic heterocycles. The largest absolute Gasteiger partial charge is 0.381 e. The van der Waals surface area contributed by atoms with Gasteiger partial charge in [0.2, 0.25) is 5.91 Å². The molecule has 1 unspecified atom stereocenters. The van der Waals surface area contributed by atoms with Crippen molar-refractivity contribution in [3.05, 3.63) is 34.3 Å². The number of hydrogen-bond donors (Lipinski definition) is 0. The molecule has 0 bridgehead atoms. The standard InChI is InChI=1S/C14H18BrNO2/c1-16(9-11-4-2-6-13(15)8-11)14(17)12-5-3-7-18-10-12/h2,4,6,8,12H,3,5,7,9-10H2,1H3. The Hall–Kier alpha value is -0.870. The lowest BCUT2D eigenvalue weighted by Crippen LogP contribution is -2.36. The third-order valence-electron chi connectivity index (χ3n) is 3.19. The van der Waals surface area contributed by atoms with Crippen LogP contribution < -0.4 is 0 Å². The average Bonchev–Trinajstić information content (AvgIpc) is 2.39. The summed E-state index contributed by atoms with van der Waals surface area (Å²) in [5.41, 5.74) is 1.14. The predicted octanol–water partition coefficient (Wildman–Crippen LogP) is 2.83. The van der Waals surface area contributed by atoms with Gasteiger partial charge in [-0.2, -0.15) is 0 Å². The predicted molar refractivity (Wildman–Crippen MR) is 74.2 cm³/mol. The quantitative estimate of drug-likeness (QED) is 0.859. The first-order valence-corrected chi connectivity index (χ1v) is 7.03. The first kappa shape index (κ1) is 13.6. The molecular formula is C14H18BrNO2. The van der Waals surface area contributed by atoms with Gasteiger partial charge in [0.15, 0.2) is 0 Å². The van der Waals surface area contributed by atoms with E-state index in [0.717, 1.165) is 29.5 Å². The second kappa shape index (κ2) is 6.34. The Morgan fingerprint density at radius 1 is 1.56 bits per heavy atom. The molecule has 98 valence electrons. The number of hydrogen-bond acceptors (Lipinski definition) is 2. The highest BCUT2D eigenvalue weighted by Crippen LogP contribution is 2.18. The fraction of sp³-hybridized carbons (Fsp3) is 0.500. The Balaban J connectivity index is 1.94. The van der Waals surface area contributed by atoms with E-state index in [1.165, 1.54) is 0 Å². The average molecular weight is 312 g/mol. The summed E-state index contributed by atoms with van der Waals surface area (Å²) in [6.45, 7) is 2.01. The summed E-state index contributed by atoms with van der Waals surface area (Å²) in [6, 6.07) is 8.05. The number of amides is 1. The molecule has 1 aliphatic rings. The second-order valence-electron chi connectivity index (χ2n) is 4.74. The highest BCUT2D eigenvalue weighted by Gasteiger charge is 2.24. The number of halogens is 1. The van der Waals surface area contributed by atoms with E-state index in [1.807, 2.05) is 31.3 Å². The van der Waals surface area contributed by atoms with Gasteiger partial charge < -0.3 is 9.64 Å². The van der Waals surface area contributed by atoms with E-state index in [-0.39, 0.29) is 11.8 Å². The minimum Gasteiger partial charge on any atom is -0.381 e.